The molecule has 1 aromatic carbocycles. The maximum Gasteiger partial charge on any atom is 0.224 e. The standard InChI is InChI=1S/C14H17N3O2/c1-3-13-16-12(15)8-14(17-13)19-11-6-4-5-10(7-11)9-18-2/h4-8H,3,9H2,1-2H3,(H2,15,16,17). The van der Waals surface area contributed by atoms with Crippen LogP contribution in [-0.2, 0) is 17.8 Å². The summed E-state index contributed by atoms with van der Waals surface area (Å²) in [6.07, 6.45) is 0.713. The molecule has 0 saturated carbocycles. The Kier molecular flexibility index (Phi) is 4.30. The Balaban J connectivity index is 2.20. The molecule has 0 radical (unpaired) electrons. The summed E-state index contributed by atoms with van der Waals surface area (Å²) in [6.45, 7) is 2.51. The molecule has 0 atom stereocenters. The topological polar surface area (TPSA) is 70.3 Å². The van der Waals surface area contributed by atoms with Gasteiger partial charge in [0.1, 0.15) is 17.4 Å². The molecule has 19 heavy (non-hydrogen) atoms. The minimum absolute atomic E-state index is 0.412. The van der Waals surface area contributed by atoms with Crippen LogP contribution in [0.1, 0.15) is 18.3 Å². The van der Waals surface area contributed by atoms with Crippen LogP contribution in [0, 0.1) is 0 Å². The Morgan fingerprint density at radius 2 is 2.05 bits per heavy atom. The molecule has 0 amide bonds. The largest absolute Gasteiger partial charge is 0.439 e. The molecular formula is C14H17N3O2. The molecule has 1 aromatic heterocycles. The first-order valence-corrected chi connectivity index (χ1v) is 6.10. The van der Waals surface area contributed by atoms with Gasteiger partial charge in [0.2, 0.25) is 5.88 Å². The predicted octanol–water partition coefficient (Wildman–Crippen LogP) is 2.56. The van der Waals surface area contributed by atoms with Gasteiger partial charge >= 0.3 is 0 Å². The Hall–Kier alpha value is -2.14. The van der Waals surface area contributed by atoms with Crippen molar-refractivity contribution in [2.75, 3.05) is 12.8 Å². The first kappa shape index (κ1) is 13.3. The zero-order chi connectivity index (χ0) is 13.7. The van der Waals surface area contributed by atoms with Gasteiger partial charge in [-0.25, -0.2) is 4.98 Å². The SMILES string of the molecule is CCc1nc(N)cc(Oc2cccc(COC)c2)n1. The molecule has 2 rings (SSSR count). The number of hydrogen-bond acceptors (Lipinski definition) is 5. The number of hydrogen-bond donors (Lipinski definition) is 1. The molecule has 2 aromatic rings. The predicted molar refractivity (Wildman–Crippen MR) is 73.1 cm³/mol. The number of nitrogen functional groups attached to an aromatic ring is 1. The molecule has 0 aliphatic carbocycles. The second-order valence-corrected chi connectivity index (χ2v) is 4.08. The minimum Gasteiger partial charge on any atom is -0.439 e. The van der Waals surface area contributed by atoms with E-state index >= 15 is 0 Å². The van der Waals surface area contributed by atoms with Crippen LogP contribution in [0.2, 0.25) is 0 Å². The van der Waals surface area contributed by atoms with E-state index in [1.54, 1.807) is 13.2 Å². The van der Waals surface area contributed by atoms with Gasteiger partial charge < -0.3 is 15.2 Å². The number of nitrogens with zero attached hydrogens (tertiary/aromatic N) is 2. The average molecular weight is 259 g/mol. The molecule has 0 bridgehead atoms. The van der Waals surface area contributed by atoms with Gasteiger partial charge in [0, 0.05) is 19.6 Å². The molecule has 0 aliphatic heterocycles. The summed E-state index contributed by atoms with van der Waals surface area (Å²) in [7, 11) is 1.66. The van der Waals surface area contributed by atoms with E-state index in [-0.39, 0.29) is 0 Å². The Bertz CT molecular complexity index is 558. The normalized spacial score (nSPS) is 10.4. The van der Waals surface area contributed by atoms with Crippen LogP contribution in [0.5, 0.6) is 11.6 Å². The Labute approximate surface area is 112 Å². The second kappa shape index (κ2) is 6.15. The minimum atomic E-state index is 0.412. The van der Waals surface area contributed by atoms with Gasteiger partial charge in [-0.3, -0.25) is 0 Å². The third-order valence-corrected chi connectivity index (χ3v) is 2.52. The van der Waals surface area contributed by atoms with E-state index in [1.165, 1.54) is 0 Å². The molecule has 0 fully saturated rings. The van der Waals surface area contributed by atoms with E-state index in [0.717, 1.165) is 5.56 Å². The molecule has 5 nitrogen and oxygen atoms in total. The van der Waals surface area contributed by atoms with E-state index in [4.69, 9.17) is 15.2 Å². The number of nitrogens with two attached hydrogens (primary N) is 1. The number of aryl methyl sites for hydroxylation is 1. The second-order valence-electron chi connectivity index (χ2n) is 4.08. The van der Waals surface area contributed by atoms with Gasteiger partial charge in [-0.2, -0.15) is 4.98 Å². The maximum atomic E-state index is 5.72. The van der Waals surface area contributed by atoms with Crippen molar-refractivity contribution in [3.63, 3.8) is 0 Å². The molecule has 0 unspecified atom stereocenters. The molecule has 0 aliphatic rings. The van der Waals surface area contributed by atoms with E-state index in [2.05, 4.69) is 9.97 Å². The Morgan fingerprint density at radius 1 is 1.21 bits per heavy atom. The van der Waals surface area contributed by atoms with E-state index in [0.29, 0.717) is 36.3 Å². The Morgan fingerprint density at radius 3 is 2.79 bits per heavy atom. The monoisotopic (exact) mass is 259 g/mol. The molecule has 5 heteroatoms. The van der Waals surface area contributed by atoms with Crippen molar-refractivity contribution in [2.24, 2.45) is 0 Å². The molecule has 0 spiro atoms. The number of benzene rings is 1. The highest BCUT2D eigenvalue weighted by atomic mass is 16.5. The molecule has 100 valence electrons. The van der Waals surface area contributed by atoms with Crippen LogP contribution in [0.3, 0.4) is 0 Å². The van der Waals surface area contributed by atoms with Crippen LogP contribution in [0.4, 0.5) is 5.82 Å². The van der Waals surface area contributed by atoms with Crippen molar-refractivity contribution >= 4 is 5.82 Å². The van der Waals surface area contributed by atoms with Crippen molar-refractivity contribution in [1.29, 1.82) is 0 Å². The zero-order valence-electron chi connectivity index (χ0n) is 11.1. The molecular weight excluding hydrogens is 242 g/mol. The van der Waals surface area contributed by atoms with Crippen molar-refractivity contribution in [1.82, 2.24) is 9.97 Å². The lowest BCUT2D eigenvalue weighted by molar-refractivity contribution is 0.184. The molecule has 0 saturated heterocycles. The first-order valence-electron chi connectivity index (χ1n) is 6.10. The van der Waals surface area contributed by atoms with Crippen molar-refractivity contribution < 1.29 is 9.47 Å². The summed E-state index contributed by atoms with van der Waals surface area (Å²) in [5.74, 6) is 2.24. The summed E-state index contributed by atoms with van der Waals surface area (Å²) < 4.78 is 10.8. The highest BCUT2D eigenvalue weighted by Gasteiger charge is 2.04. The van der Waals surface area contributed by atoms with Gasteiger partial charge in [0.25, 0.3) is 0 Å². The van der Waals surface area contributed by atoms with E-state index in [1.807, 2.05) is 31.2 Å². The van der Waals surface area contributed by atoms with Gasteiger partial charge in [-0.15, -0.1) is 0 Å². The third kappa shape index (κ3) is 3.66. The summed E-state index contributed by atoms with van der Waals surface area (Å²) >= 11 is 0. The smallest absolute Gasteiger partial charge is 0.224 e. The number of methoxy groups -OCH3 is 1. The lowest BCUT2D eigenvalue weighted by Gasteiger charge is -2.08. The first-order chi connectivity index (χ1) is 9.21. The van der Waals surface area contributed by atoms with E-state index < -0.39 is 0 Å². The highest BCUT2D eigenvalue weighted by molar-refractivity contribution is 5.36. The van der Waals surface area contributed by atoms with Crippen LogP contribution < -0.4 is 10.5 Å². The van der Waals surface area contributed by atoms with Gasteiger partial charge in [-0.05, 0) is 17.7 Å². The summed E-state index contributed by atoms with van der Waals surface area (Å²) in [5, 5.41) is 0. The van der Waals surface area contributed by atoms with Crippen molar-refractivity contribution in [2.45, 2.75) is 20.0 Å². The van der Waals surface area contributed by atoms with Gasteiger partial charge in [0.05, 0.1) is 6.61 Å². The fraction of sp³-hybridized carbons (Fsp3) is 0.286. The van der Waals surface area contributed by atoms with Gasteiger partial charge in [0.15, 0.2) is 0 Å². The third-order valence-electron chi connectivity index (χ3n) is 2.52. The lowest BCUT2D eigenvalue weighted by Crippen LogP contribution is -2.00. The fourth-order valence-corrected chi connectivity index (χ4v) is 1.69. The summed E-state index contributed by atoms with van der Waals surface area (Å²) in [5.41, 5.74) is 6.75. The van der Waals surface area contributed by atoms with Crippen molar-refractivity contribution in [3.05, 3.63) is 41.7 Å². The molecule has 2 N–H and O–H groups in total. The van der Waals surface area contributed by atoms with Gasteiger partial charge in [-0.1, -0.05) is 19.1 Å². The van der Waals surface area contributed by atoms with E-state index in [9.17, 15) is 0 Å². The quantitative estimate of drug-likeness (QED) is 0.893. The van der Waals surface area contributed by atoms with Crippen molar-refractivity contribution in [3.8, 4) is 11.6 Å². The maximum absolute atomic E-state index is 5.72. The van der Waals surface area contributed by atoms with Crippen LogP contribution in [0.15, 0.2) is 30.3 Å². The number of ether oxygens (including phenoxy) is 2. The number of rotatable bonds is 5. The fourth-order valence-electron chi connectivity index (χ4n) is 1.69. The lowest BCUT2D eigenvalue weighted by atomic mass is 10.2. The summed E-state index contributed by atoms with van der Waals surface area (Å²) in [6, 6.07) is 9.27. The van der Waals surface area contributed by atoms with Crippen LogP contribution in [0.25, 0.3) is 0 Å². The summed E-state index contributed by atoms with van der Waals surface area (Å²) in [4.78, 5) is 8.39. The number of aromatic nitrogens is 2. The average Bonchev–Trinajstić information content (AvgIpc) is 2.39. The van der Waals surface area contributed by atoms with Crippen LogP contribution >= 0.6 is 0 Å². The van der Waals surface area contributed by atoms with Crippen LogP contribution in [-0.4, -0.2) is 17.1 Å². The molecule has 1 heterocycles. The number of anilines is 1. The highest BCUT2D eigenvalue weighted by Crippen LogP contribution is 2.22. The zero-order valence-corrected chi connectivity index (χ0v) is 11.1.